The van der Waals surface area contributed by atoms with Crippen molar-refractivity contribution in [2.24, 2.45) is 0 Å². The van der Waals surface area contributed by atoms with Crippen LogP contribution in [0.5, 0.6) is 5.75 Å². The molecule has 0 N–H and O–H groups in total. The predicted molar refractivity (Wildman–Crippen MR) is 129 cm³/mol. The maximum Gasteiger partial charge on any atom is 0.259 e. The van der Waals surface area contributed by atoms with Crippen molar-refractivity contribution in [1.29, 1.82) is 0 Å². The first-order chi connectivity index (χ1) is 16.2. The van der Waals surface area contributed by atoms with E-state index in [0.717, 1.165) is 27.4 Å². The molecule has 2 aromatic carbocycles. The summed E-state index contributed by atoms with van der Waals surface area (Å²) in [5.41, 5.74) is 3.85. The van der Waals surface area contributed by atoms with Gasteiger partial charge in [0.1, 0.15) is 11.3 Å². The van der Waals surface area contributed by atoms with Gasteiger partial charge in [0.2, 0.25) is 0 Å². The molecule has 7 heteroatoms. The van der Waals surface area contributed by atoms with Gasteiger partial charge < -0.3 is 9.64 Å². The van der Waals surface area contributed by atoms with Crippen LogP contribution in [0.3, 0.4) is 0 Å². The fourth-order valence-corrected chi connectivity index (χ4v) is 4.59. The van der Waals surface area contributed by atoms with Crippen LogP contribution >= 0.6 is 11.3 Å². The maximum absolute atomic E-state index is 13.8. The van der Waals surface area contributed by atoms with E-state index in [1.807, 2.05) is 83.1 Å². The van der Waals surface area contributed by atoms with Gasteiger partial charge in [0.15, 0.2) is 5.65 Å². The number of benzene rings is 2. The van der Waals surface area contributed by atoms with Crippen LogP contribution in [0.1, 0.15) is 20.8 Å². The number of hydrogen-bond acceptors (Lipinski definition) is 5. The zero-order valence-corrected chi connectivity index (χ0v) is 18.9. The molecule has 5 rings (SSSR count). The van der Waals surface area contributed by atoms with Gasteiger partial charge in [-0.3, -0.25) is 4.79 Å². The lowest BCUT2D eigenvalue weighted by molar-refractivity contribution is 0.0732. The quantitative estimate of drug-likeness (QED) is 0.334. The molecule has 0 radical (unpaired) electrons. The smallest absolute Gasteiger partial charge is 0.259 e. The van der Waals surface area contributed by atoms with E-state index in [-0.39, 0.29) is 5.91 Å². The first-order valence-corrected chi connectivity index (χ1v) is 11.4. The summed E-state index contributed by atoms with van der Waals surface area (Å²) in [6.45, 7) is 0.903. The van der Waals surface area contributed by atoms with Gasteiger partial charge in [-0.25, -0.2) is 9.50 Å². The van der Waals surface area contributed by atoms with Crippen molar-refractivity contribution >= 4 is 22.9 Å². The summed E-state index contributed by atoms with van der Waals surface area (Å²) in [4.78, 5) is 21.2. The molecular formula is C26H22N4O2S. The Hall–Kier alpha value is -3.97. The minimum absolute atomic E-state index is 0.123. The molecule has 0 spiro atoms. The summed E-state index contributed by atoms with van der Waals surface area (Å²) in [6.07, 6.45) is 3.33. The van der Waals surface area contributed by atoms with Crippen LogP contribution in [-0.4, -0.2) is 32.5 Å². The average molecular weight is 455 g/mol. The Morgan fingerprint density at radius 2 is 1.82 bits per heavy atom. The molecule has 3 heterocycles. The highest BCUT2D eigenvalue weighted by Gasteiger charge is 2.23. The van der Waals surface area contributed by atoms with E-state index in [1.165, 1.54) is 0 Å². The second-order valence-electron chi connectivity index (χ2n) is 7.54. The third-order valence-corrected chi connectivity index (χ3v) is 6.33. The largest absolute Gasteiger partial charge is 0.496 e. The molecule has 0 aliphatic heterocycles. The Labute approximate surface area is 195 Å². The molecule has 0 saturated heterocycles. The number of thiophene rings is 1. The molecule has 0 atom stereocenters. The standard InChI is InChI=1S/C26H22N4O2S/c1-32-24-12-6-5-10-20(24)17-29(18-21-11-7-15-33-21)26(31)22-16-28-30-23(13-14-27-25(22)30)19-8-3-2-4-9-19/h2-16H,17-18H2,1H3. The van der Waals surface area contributed by atoms with Crippen LogP contribution in [0.4, 0.5) is 0 Å². The number of ether oxygens (including phenoxy) is 1. The van der Waals surface area contributed by atoms with Crippen LogP contribution < -0.4 is 4.74 Å². The van der Waals surface area contributed by atoms with E-state index >= 15 is 0 Å². The highest BCUT2D eigenvalue weighted by atomic mass is 32.1. The summed E-state index contributed by atoms with van der Waals surface area (Å²) >= 11 is 1.63. The van der Waals surface area contributed by atoms with Gasteiger partial charge in [-0.1, -0.05) is 54.6 Å². The number of methoxy groups -OCH3 is 1. The molecule has 6 nitrogen and oxygen atoms in total. The second-order valence-corrected chi connectivity index (χ2v) is 8.57. The van der Waals surface area contributed by atoms with Crippen LogP contribution in [0, 0.1) is 0 Å². The van der Waals surface area contributed by atoms with Gasteiger partial charge in [0, 0.05) is 22.2 Å². The van der Waals surface area contributed by atoms with Crippen molar-refractivity contribution in [3.05, 3.63) is 107 Å². The molecule has 164 valence electrons. The molecule has 0 bridgehead atoms. The lowest BCUT2D eigenvalue weighted by Crippen LogP contribution is -2.30. The van der Waals surface area contributed by atoms with Crippen molar-refractivity contribution in [1.82, 2.24) is 19.5 Å². The van der Waals surface area contributed by atoms with Crippen molar-refractivity contribution < 1.29 is 9.53 Å². The molecule has 1 amide bonds. The van der Waals surface area contributed by atoms with Crippen molar-refractivity contribution in [2.75, 3.05) is 7.11 Å². The lowest BCUT2D eigenvalue weighted by Gasteiger charge is -2.23. The number of aromatic nitrogens is 3. The van der Waals surface area contributed by atoms with Gasteiger partial charge in [-0.05, 0) is 23.6 Å². The molecule has 0 aliphatic carbocycles. The highest BCUT2D eigenvalue weighted by Crippen LogP contribution is 2.25. The Balaban J connectivity index is 1.54. The molecule has 0 unspecified atom stereocenters. The van der Waals surface area contributed by atoms with E-state index in [9.17, 15) is 4.79 Å². The zero-order chi connectivity index (χ0) is 22.6. The Bertz CT molecular complexity index is 1380. The van der Waals surface area contributed by atoms with Crippen molar-refractivity contribution in [3.8, 4) is 17.0 Å². The highest BCUT2D eigenvalue weighted by molar-refractivity contribution is 7.09. The van der Waals surface area contributed by atoms with E-state index in [2.05, 4.69) is 10.1 Å². The number of carbonyl (C=O) groups excluding carboxylic acids is 1. The second kappa shape index (κ2) is 9.26. The minimum atomic E-state index is -0.123. The molecule has 5 aromatic rings. The summed E-state index contributed by atoms with van der Waals surface area (Å²) in [7, 11) is 1.64. The predicted octanol–water partition coefficient (Wildman–Crippen LogP) is 5.31. The lowest BCUT2D eigenvalue weighted by atomic mass is 10.1. The van der Waals surface area contributed by atoms with Crippen molar-refractivity contribution in [3.63, 3.8) is 0 Å². The van der Waals surface area contributed by atoms with Gasteiger partial charge in [-0.15, -0.1) is 11.3 Å². The summed E-state index contributed by atoms with van der Waals surface area (Å²) in [6, 6.07) is 23.7. The van der Waals surface area contributed by atoms with Gasteiger partial charge >= 0.3 is 0 Å². The number of amides is 1. The first kappa shape index (κ1) is 20.9. The Morgan fingerprint density at radius 3 is 2.61 bits per heavy atom. The summed E-state index contributed by atoms with van der Waals surface area (Å²) < 4.78 is 7.25. The average Bonchev–Trinajstić information content (AvgIpc) is 3.54. The van der Waals surface area contributed by atoms with E-state index < -0.39 is 0 Å². The fourth-order valence-electron chi connectivity index (χ4n) is 3.87. The number of hydrogen-bond donors (Lipinski definition) is 0. The van der Waals surface area contributed by atoms with Crippen LogP contribution in [0.15, 0.2) is 90.6 Å². The molecule has 0 aliphatic rings. The van der Waals surface area contributed by atoms with Crippen molar-refractivity contribution in [2.45, 2.75) is 13.1 Å². The minimum Gasteiger partial charge on any atom is -0.496 e. The van der Waals surface area contributed by atoms with E-state index in [1.54, 1.807) is 35.4 Å². The molecule has 0 saturated carbocycles. The van der Waals surface area contributed by atoms with Crippen LogP contribution in [-0.2, 0) is 13.1 Å². The van der Waals surface area contributed by atoms with Crippen LogP contribution in [0.2, 0.25) is 0 Å². The third kappa shape index (κ3) is 4.23. The Kier molecular flexibility index (Phi) is 5.87. The monoisotopic (exact) mass is 454 g/mol. The number of nitrogens with zero attached hydrogens (tertiary/aromatic N) is 4. The molecule has 33 heavy (non-hydrogen) atoms. The van der Waals surface area contributed by atoms with Crippen LogP contribution in [0.25, 0.3) is 16.9 Å². The molecule has 3 aromatic heterocycles. The molecule has 0 fully saturated rings. The summed E-state index contributed by atoms with van der Waals surface area (Å²) in [5, 5.41) is 6.54. The van der Waals surface area contributed by atoms with Gasteiger partial charge in [0.25, 0.3) is 5.91 Å². The molecular weight excluding hydrogens is 432 g/mol. The van der Waals surface area contributed by atoms with E-state index in [0.29, 0.717) is 24.3 Å². The van der Waals surface area contributed by atoms with Gasteiger partial charge in [-0.2, -0.15) is 5.10 Å². The maximum atomic E-state index is 13.8. The SMILES string of the molecule is COc1ccccc1CN(Cc1cccs1)C(=O)c1cnn2c(-c3ccccc3)ccnc12. The normalized spacial score (nSPS) is 10.9. The number of fused-ring (bicyclic) bond motifs is 1. The van der Waals surface area contributed by atoms with Gasteiger partial charge in [0.05, 0.1) is 32.1 Å². The van der Waals surface area contributed by atoms with E-state index in [4.69, 9.17) is 4.74 Å². The number of rotatable bonds is 7. The number of para-hydroxylation sites is 1. The topological polar surface area (TPSA) is 59.7 Å². The zero-order valence-electron chi connectivity index (χ0n) is 18.1. The number of carbonyl (C=O) groups is 1. The Morgan fingerprint density at radius 1 is 1.00 bits per heavy atom. The third-order valence-electron chi connectivity index (χ3n) is 5.47. The summed E-state index contributed by atoms with van der Waals surface area (Å²) in [5.74, 6) is 0.632. The fraction of sp³-hybridized carbons (Fsp3) is 0.115. The first-order valence-electron chi connectivity index (χ1n) is 10.6.